The van der Waals surface area contributed by atoms with E-state index in [2.05, 4.69) is 10.0 Å². The minimum Gasteiger partial charge on any atom is -0.390 e. The van der Waals surface area contributed by atoms with Crippen molar-refractivity contribution in [3.63, 3.8) is 0 Å². The molecule has 1 aromatic heterocycles. The molecule has 0 spiro atoms. The molecule has 144 valence electrons. The first-order valence-electron chi connectivity index (χ1n) is 7.90. The lowest BCUT2D eigenvalue weighted by Gasteiger charge is -2.30. The number of amides is 2. The summed E-state index contributed by atoms with van der Waals surface area (Å²) < 4.78 is 27.0. The van der Waals surface area contributed by atoms with Crippen LogP contribution in [0.1, 0.15) is 19.3 Å². The summed E-state index contributed by atoms with van der Waals surface area (Å²) in [5, 5.41) is 24.2. The predicted molar refractivity (Wildman–Crippen MR) is 94.6 cm³/mol. The molecule has 1 aliphatic carbocycles. The summed E-state index contributed by atoms with van der Waals surface area (Å²) in [6, 6.07) is 1.85. The number of carbonyl (C=O) groups is 2. The van der Waals surface area contributed by atoms with Gasteiger partial charge in [0.2, 0.25) is 11.8 Å². The van der Waals surface area contributed by atoms with Crippen molar-refractivity contribution in [2.45, 2.75) is 41.7 Å². The van der Waals surface area contributed by atoms with E-state index in [1.54, 1.807) is 11.4 Å². The second-order valence-electron chi connectivity index (χ2n) is 5.86. The van der Waals surface area contributed by atoms with Crippen LogP contribution in [-0.4, -0.2) is 55.2 Å². The highest BCUT2D eigenvalue weighted by Crippen LogP contribution is 2.23. The number of aliphatic hydroxyl groups excluding tert-OH is 2. The van der Waals surface area contributed by atoms with Crippen LogP contribution in [0, 0.1) is 0 Å². The van der Waals surface area contributed by atoms with Gasteiger partial charge in [-0.2, -0.15) is 0 Å². The number of aliphatic hydroxyl groups is 2. The van der Waals surface area contributed by atoms with E-state index in [-0.39, 0.29) is 29.2 Å². The smallest absolute Gasteiger partial charge is 0.250 e. The molecule has 0 radical (unpaired) electrons. The fourth-order valence-corrected chi connectivity index (χ4v) is 4.68. The van der Waals surface area contributed by atoms with Crippen molar-refractivity contribution in [2.24, 2.45) is 5.73 Å². The lowest BCUT2D eigenvalue weighted by molar-refractivity contribution is -0.120. The fraction of sp³-hybridized carbons (Fsp3) is 0.467. The van der Waals surface area contributed by atoms with Gasteiger partial charge < -0.3 is 21.3 Å². The molecule has 1 heterocycles. The monoisotopic (exact) mass is 403 g/mol. The molecule has 6 N–H and O–H groups in total. The molecule has 9 nitrogen and oxygen atoms in total. The molecule has 0 fully saturated rings. The third-order valence-corrected chi connectivity index (χ3v) is 6.66. The van der Waals surface area contributed by atoms with Gasteiger partial charge in [0.05, 0.1) is 12.1 Å². The van der Waals surface area contributed by atoms with Crippen LogP contribution in [0.3, 0.4) is 0 Å². The number of nitrogens with one attached hydrogen (secondary N) is 2. The van der Waals surface area contributed by atoms with Gasteiger partial charge in [0.25, 0.3) is 10.0 Å². The van der Waals surface area contributed by atoms with Crippen LogP contribution in [0.2, 0.25) is 0 Å². The van der Waals surface area contributed by atoms with Crippen LogP contribution < -0.4 is 15.8 Å². The standard InChI is InChI=1S/C15H21N3O6S2/c16-12(20)3-1-5-17-15(22)9-7-10(14(21)11(19)8-9)18-26(23,24)13-4-2-6-25-13/h2,4,6-7,10-11,14,18-19,21H,1,3,5,8H2,(H2,16,20)(H,17,22)/t10-,11-,14-/m1/s1. The molecule has 1 aromatic rings. The first-order chi connectivity index (χ1) is 12.2. The molecule has 0 saturated heterocycles. The fourth-order valence-electron chi connectivity index (χ4n) is 2.47. The van der Waals surface area contributed by atoms with Crippen molar-refractivity contribution < 1.29 is 28.2 Å². The quantitative estimate of drug-likeness (QED) is 0.344. The van der Waals surface area contributed by atoms with Crippen LogP contribution in [0.25, 0.3) is 0 Å². The van der Waals surface area contributed by atoms with E-state index in [0.717, 1.165) is 11.3 Å². The summed E-state index contributed by atoms with van der Waals surface area (Å²) in [6.45, 7) is 0.212. The molecular formula is C15H21N3O6S2. The second kappa shape index (κ2) is 8.73. The SMILES string of the molecule is NC(=O)CCCNC(=O)C1=C[C@@H](NS(=O)(=O)c2cccs2)[C@@H](O)[C@H](O)C1. The Hall–Kier alpha value is -1.79. The van der Waals surface area contributed by atoms with Gasteiger partial charge in [-0.05, 0) is 17.9 Å². The number of rotatable bonds is 8. The van der Waals surface area contributed by atoms with Gasteiger partial charge >= 0.3 is 0 Å². The Morgan fingerprint density at radius 2 is 2.08 bits per heavy atom. The van der Waals surface area contributed by atoms with E-state index in [1.807, 2.05) is 0 Å². The zero-order valence-corrected chi connectivity index (χ0v) is 15.4. The minimum absolute atomic E-state index is 0.0654. The highest BCUT2D eigenvalue weighted by Gasteiger charge is 2.35. The normalized spacial score (nSPS) is 23.3. The third-order valence-electron chi connectivity index (χ3n) is 3.80. The summed E-state index contributed by atoms with van der Waals surface area (Å²) in [5.74, 6) is -0.974. The number of thiophene rings is 1. The number of hydrogen-bond acceptors (Lipinski definition) is 7. The Labute approximate surface area is 155 Å². The molecule has 3 atom stereocenters. The maximum atomic E-state index is 12.3. The molecule has 0 bridgehead atoms. The Morgan fingerprint density at radius 3 is 2.69 bits per heavy atom. The van der Waals surface area contributed by atoms with Crippen molar-refractivity contribution in [1.82, 2.24) is 10.0 Å². The van der Waals surface area contributed by atoms with Crippen LogP contribution in [0.15, 0.2) is 33.4 Å². The van der Waals surface area contributed by atoms with Gasteiger partial charge in [0.15, 0.2) is 0 Å². The summed E-state index contributed by atoms with van der Waals surface area (Å²) in [5.41, 5.74) is 5.17. The predicted octanol–water partition coefficient (Wildman–Crippen LogP) is -1.17. The van der Waals surface area contributed by atoms with Crippen molar-refractivity contribution in [3.05, 3.63) is 29.2 Å². The van der Waals surface area contributed by atoms with Crippen LogP contribution in [0.5, 0.6) is 0 Å². The van der Waals surface area contributed by atoms with Crippen LogP contribution >= 0.6 is 11.3 Å². The number of sulfonamides is 1. The summed E-state index contributed by atoms with van der Waals surface area (Å²) in [7, 11) is -3.88. The largest absolute Gasteiger partial charge is 0.390 e. The molecule has 0 unspecified atom stereocenters. The van der Waals surface area contributed by atoms with Crippen molar-refractivity contribution >= 4 is 33.2 Å². The Balaban J connectivity index is 2.07. The highest BCUT2D eigenvalue weighted by molar-refractivity contribution is 7.91. The zero-order valence-electron chi connectivity index (χ0n) is 13.8. The maximum Gasteiger partial charge on any atom is 0.250 e. The summed E-state index contributed by atoms with van der Waals surface area (Å²) >= 11 is 1.01. The Kier molecular flexibility index (Phi) is 6.89. The molecule has 2 amide bonds. The van der Waals surface area contributed by atoms with Crippen molar-refractivity contribution in [3.8, 4) is 0 Å². The number of hydrogen-bond donors (Lipinski definition) is 5. The first kappa shape index (κ1) is 20.5. The Morgan fingerprint density at radius 1 is 1.35 bits per heavy atom. The average molecular weight is 403 g/mol. The third kappa shape index (κ3) is 5.35. The summed E-state index contributed by atoms with van der Waals surface area (Å²) in [6.07, 6.45) is -0.984. The summed E-state index contributed by atoms with van der Waals surface area (Å²) in [4.78, 5) is 22.8. The molecule has 0 aliphatic heterocycles. The second-order valence-corrected chi connectivity index (χ2v) is 8.75. The maximum absolute atomic E-state index is 12.3. The molecule has 11 heteroatoms. The van der Waals surface area contributed by atoms with Crippen LogP contribution in [0.4, 0.5) is 0 Å². The highest BCUT2D eigenvalue weighted by atomic mass is 32.2. The van der Waals surface area contributed by atoms with E-state index < -0.39 is 40.1 Å². The minimum atomic E-state index is -3.88. The lowest BCUT2D eigenvalue weighted by atomic mass is 9.90. The number of carbonyl (C=O) groups excluding carboxylic acids is 2. The van der Waals surface area contributed by atoms with E-state index >= 15 is 0 Å². The molecule has 0 saturated carbocycles. The molecular weight excluding hydrogens is 382 g/mol. The van der Waals surface area contributed by atoms with E-state index in [9.17, 15) is 28.2 Å². The van der Waals surface area contributed by atoms with Crippen LogP contribution in [-0.2, 0) is 19.6 Å². The Bertz CT molecular complexity index is 775. The lowest BCUT2D eigenvalue weighted by Crippen LogP contribution is -2.50. The van der Waals surface area contributed by atoms with Gasteiger partial charge in [-0.25, -0.2) is 13.1 Å². The van der Waals surface area contributed by atoms with Gasteiger partial charge in [0.1, 0.15) is 10.3 Å². The number of nitrogens with two attached hydrogens (primary N) is 1. The van der Waals surface area contributed by atoms with E-state index in [0.29, 0.717) is 6.42 Å². The molecule has 1 aliphatic rings. The first-order valence-corrected chi connectivity index (χ1v) is 10.3. The molecule has 2 rings (SSSR count). The molecule has 26 heavy (non-hydrogen) atoms. The average Bonchev–Trinajstić information content (AvgIpc) is 3.10. The molecule has 0 aromatic carbocycles. The van der Waals surface area contributed by atoms with E-state index in [4.69, 9.17) is 5.73 Å². The van der Waals surface area contributed by atoms with Gasteiger partial charge in [-0.1, -0.05) is 12.1 Å². The zero-order chi connectivity index (χ0) is 19.3. The topological polar surface area (TPSA) is 159 Å². The van der Waals surface area contributed by atoms with Gasteiger partial charge in [-0.3, -0.25) is 9.59 Å². The number of primary amides is 1. The van der Waals surface area contributed by atoms with Gasteiger partial charge in [0, 0.05) is 25.0 Å². The van der Waals surface area contributed by atoms with Gasteiger partial charge in [-0.15, -0.1) is 11.3 Å². The van der Waals surface area contributed by atoms with Crippen molar-refractivity contribution in [2.75, 3.05) is 6.54 Å². The van der Waals surface area contributed by atoms with E-state index in [1.165, 1.54) is 12.1 Å². The van der Waals surface area contributed by atoms with Crippen molar-refractivity contribution in [1.29, 1.82) is 0 Å².